The van der Waals surface area contributed by atoms with Crippen molar-refractivity contribution in [1.82, 2.24) is 19.9 Å². The van der Waals surface area contributed by atoms with Crippen LogP contribution >= 0.6 is 12.2 Å². The third kappa shape index (κ3) is 3.53. The number of benzene rings is 2. The summed E-state index contributed by atoms with van der Waals surface area (Å²) in [5.41, 5.74) is 3.24. The first kappa shape index (κ1) is 19.6. The summed E-state index contributed by atoms with van der Waals surface area (Å²) in [6, 6.07) is 11.1. The Hall–Kier alpha value is -3.39. The van der Waals surface area contributed by atoms with Crippen LogP contribution in [-0.4, -0.2) is 46.0 Å². The summed E-state index contributed by atoms with van der Waals surface area (Å²) < 4.78 is 5.63. The van der Waals surface area contributed by atoms with Crippen molar-refractivity contribution in [3.8, 4) is 5.75 Å². The largest absolute Gasteiger partial charge is 0.497 e. The summed E-state index contributed by atoms with van der Waals surface area (Å²) in [6.45, 7) is 1.37. The lowest BCUT2D eigenvalue weighted by Crippen LogP contribution is -2.37. The van der Waals surface area contributed by atoms with Crippen LogP contribution < -0.4 is 10.3 Å². The van der Waals surface area contributed by atoms with Gasteiger partial charge in [-0.3, -0.25) is 14.6 Å². The third-order valence-corrected chi connectivity index (χ3v) is 6.33. The van der Waals surface area contributed by atoms with E-state index in [4.69, 9.17) is 17.0 Å². The molecule has 2 aromatic carbocycles. The molecule has 1 fully saturated rings. The molecule has 0 spiro atoms. The number of H-pyrrole nitrogens is 3. The van der Waals surface area contributed by atoms with Gasteiger partial charge in [-0.25, -0.2) is 0 Å². The van der Waals surface area contributed by atoms with Crippen LogP contribution in [-0.2, 0) is 0 Å². The van der Waals surface area contributed by atoms with Crippen LogP contribution in [0.3, 0.4) is 0 Å². The van der Waals surface area contributed by atoms with Gasteiger partial charge >= 0.3 is 0 Å². The van der Waals surface area contributed by atoms with Crippen molar-refractivity contribution < 1.29 is 9.53 Å². The number of hydrogen-bond acceptors (Lipinski definition) is 4. The molecule has 0 aliphatic carbocycles. The molecule has 0 unspecified atom stereocenters. The van der Waals surface area contributed by atoms with E-state index in [0.29, 0.717) is 35.5 Å². The quantitative estimate of drug-likeness (QED) is 0.423. The minimum Gasteiger partial charge on any atom is -0.497 e. The molecular formula is C23H22N4O3S. The first-order chi connectivity index (χ1) is 15.0. The molecule has 3 N–H and O–H groups in total. The Morgan fingerprint density at radius 2 is 1.87 bits per heavy atom. The topological polar surface area (TPSA) is 94.0 Å². The summed E-state index contributed by atoms with van der Waals surface area (Å²) in [7, 11) is 1.67. The average Bonchev–Trinajstić information content (AvgIpc) is 3.21. The Labute approximate surface area is 183 Å². The van der Waals surface area contributed by atoms with Crippen LogP contribution in [0.4, 0.5) is 0 Å². The minimum absolute atomic E-state index is 0.0273. The zero-order chi connectivity index (χ0) is 21.5. The number of piperidine rings is 1. The van der Waals surface area contributed by atoms with E-state index in [1.807, 2.05) is 17.0 Å². The molecule has 7 nitrogen and oxygen atoms in total. The van der Waals surface area contributed by atoms with Crippen LogP contribution in [0.1, 0.15) is 34.7 Å². The van der Waals surface area contributed by atoms with Gasteiger partial charge in [-0.2, -0.15) is 0 Å². The molecule has 0 saturated carbocycles. The lowest BCUT2D eigenvalue weighted by Gasteiger charge is -2.32. The van der Waals surface area contributed by atoms with Crippen LogP contribution in [0.5, 0.6) is 5.75 Å². The van der Waals surface area contributed by atoms with Crippen LogP contribution in [0.25, 0.3) is 21.8 Å². The van der Waals surface area contributed by atoms with Gasteiger partial charge in [0.05, 0.1) is 18.0 Å². The van der Waals surface area contributed by atoms with Gasteiger partial charge in [-0.1, -0.05) is 0 Å². The minimum atomic E-state index is -0.256. The molecule has 3 heterocycles. The van der Waals surface area contributed by atoms with Crippen molar-refractivity contribution in [3.05, 3.63) is 68.8 Å². The van der Waals surface area contributed by atoms with Gasteiger partial charge < -0.3 is 19.6 Å². The monoisotopic (exact) mass is 434 g/mol. The third-order valence-electron chi connectivity index (χ3n) is 6.13. The van der Waals surface area contributed by atoms with Gasteiger partial charge in [-0.15, -0.1) is 0 Å². The molecule has 1 aliphatic heterocycles. The molecular weight excluding hydrogens is 412 g/mol. The van der Waals surface area contributed by atoms with E-state index in [2.05, 4.69) is 27.2 Å². The van der Waals surface area contributed by atoms with Crippen LogP contribution in [0.15, 0.2) is 47.4 Å². The first-order valence-electron chi connectivity index (χ1n) is 10.2. The SMILES string of the molecule is COc1ccc2[nH]cc(C3CCN(C(=O)c4ccc5c(=O)[nH]c(=S)[nH]c5c4)CC3)c2c1. The zero-order valence-corrected chi connectivity index (χ0v) is 17.8. The van der Waals surface area contributed by atoms with Crippen molar-refractivity contribution in [2.75, 3.05) is 20.2 Å². The second-order valence-corrected chi connectivity index (χ2v) is 8.30. The van der Waals surface area contributed by atoms with Crippen LogP contribution in [0, 0.1) is 4.77 Å². The lowest BCUT2D eigenvalue weighted by atomic mass is 9.89. The fourth-order valence-corrected chi connectivity index (χ4v) is 4.67. The number of methoxy groups -OCH3 is 1. The highest BCUT2D eigenvalue weighted by Gasteiger charge is 2.26. The summed E-state index contributed by atoms with van der Waals surface area (Å²) in [5, 5.41) is 1.66. The molecule has 8 heteroatoms. The number of ether oxygens (including phenoxy) is 1. The summed E-state index contributed by atoms with van der Waals surface area (Å²) in [4.78, 5) is 35.8. The molecule has 4 aromatic rings. The number of likely N-dealkylation sites (tertiary alicyclic amines) is 1. The van der Waals surface area contributed by atoms with Crippen molar-refractivity contribution in [1.29, 1.82) is 0 Å². The van der Waals surface area contributed by atoms with Crippen LogP contribution in [0.2, 0.25) is 0 Å². The molecule has 1 amide bonds. The van der Waals surface area contributed by atoms with Gasteiger partial charge in [0.1, 0.15) is 5.75 Å². The van der Waals surface area contributed by atoms with E-state index in [-0.39, 0.29) is 16.2 Å². The Morgan fingerprint density at radius 3 is 2.65 bits per heavy atom. The number of carbonyl (C=O) groups is 1. The molecule has 31 heavy (non-hydrogen) atoms. The number of carbonyl (C=O) groups excluding carboxylic acids is 1. The average molecular weight is 435 g/mol. The zero-order valence-electron chi connectivity index (χ0n) is 17.0. The number of hydrogen-bond donors (Lipinski definition) is 3. The predicted octanol–water partition coefficient (Wildman–Crippen LogP) is 4.10. The molecule has 0 bridgehead atoms. The Balaban J connectivity index is 1.35. The van der Waals surface area contributed by atoms with E-state index in [0.717, 1.165) is 24.1 Å². The molecule has 5 rings (SSSR count). The van der Waals surface area contributed by atoms with E-state index in [1.54, 1.807) is 25.3 Å². The lowest BCUT2D eigenvalue weighted by molar-refractivity contribution is 0.0713. The molecule has 1 saturated heterocycles. The Kier molecular flexibility index (Phi) is 4.86. The van der Waals surface area contributed by atoms with E-state index in [1.165, 1.54) is 10.9 Å². The van der Waals surface area contributed by atoms with Gasteiger partial charge in [-0.05, 0) is 72.9 Å². The fraction of sp³-hybridized carbons (Fsp3) is 0.261. The fourth-order valence-electron chi connectivity index (χ4n) is 4.46. The highest BCUT2D eigenvalue weighted by molar-refractivity contribution is 7.71. The number of amides is 1. The maximum Gasteiger partial charge on any atom is 0.259 e. The van der Waals surface area contributed by atoms with Crippen molar-refractivity contribution in [3.63, 3.8) is 0 Å². The van der Waals surface area contributed by atoms with E-state index >= 15 is 0 Å². The number of nitrogens with zero attached hydrogens (tertiary/aromatic N) is 1. The van der Waals surface area contributed by atoms with Crippen molar-refractivity contribution in [2.24, 2.45) is 0 Å². The summed E-state index contributed by atoms with van der Waals surface area (Å²) >= 11 is 5.05. The molecule has 0 radical (unpaired) electrons. The predicted molar refractivity (Wildman–Crippen MR) is 122 cm³/mol. The summed E-state index contributed by atoms with van der Waals surface area (Å²) in [5.74, 6) is 1.20. The van der Waals surface area contributed by atoms with Crippen molar-refractivity contribution in [2.45, 2.75) is 18.8 Å². The van der Waals surface area contributed by atoms with Gasteiger partial charge in [0.2, 0.25) is 0 Å². The molecule has 2 aromatic heterocycles. The highest BCUT2D eigenvalue weighted by atomic mass is 32.1. The Morgan fingerprint density at radius 1 is 1.06 bits per heavy atom. The van der Waals surface area contributed by atoms with E-state index < -0.39 is 0 Å². The van der Waals surface area contributed by atoms with Gasteiger partial charge in [0.15, 0.2) is 4.77 Å². The Bertz CT molecular complexity index is 1410. The smallest absolute Gasteiger partial charge is 0.259 e. The molecule has 0 atom stereocenters. The number of fused-ring (bicyclic) bond motifs is 2. The summed E-state index contributed by atoms with van der Waals surface area (Å²) in [6.07, 6.45) is 3.87. The molecule has 1 aliphatic rings. The van der Waals surface area contributed by atoms with Crippen molar-refractivity contribution >= 4 is 39.9 Å². The van der Waals surface area contributed by atoms with Gasteiger partial charge in [0.25, 0.3) is 11.5 Å². The molecule has 158 valence electrons. The number of nitrogens with one attached hydrogen (secondary N) is 3. The normalized spacial score (nSPS) is 14.9. The first-order valence-corrected chi connectivity index (χ1v) is 10.6. The maximum atomic E-state index is 13.1. The highest BCUT2D eigenvalue weighted by Crippen LogP contribution is 2.35. The number of aromatic nitrogens is 3. The second-order valence-electron chi connectivity index (χ2n) is 7.89. The van der Waals surface area contributed by atoms with E-state index in [9.17, 15) is 9.59 Å². The standard InChI is InChI=1S/C23H22N4O3S/c1-30-15-3-5-19-17(11-15)18(12-24-19)13-6-8-27(9-7-13)22(29)14-2-4-16-20(10-14)25-23(31)26-21(16)28/h2-5,10-13,24H,6-9H2,1H3,(H2,25,26,28,31). The second kappa shape index (κ2) is 7.70. The van der Waals surface area contributed by atoms with Gasteiger partial charge in [0, 0.05) is 35.8 Å². The number of aromatic amines is 3. The number of rotatable bonds is 3. The maximum absolute atomic E-state index is 13.1.